The molecule has 1 atom stereocenters. The van der Waals surface area contributed by atoms with E-state index in [2.05, 4.69) is 20.9 Å². The zero-order valence-electron chi connectivity index (χ0n) is 29.4. The summed E-state index contributed by atoms with van der Waals surface area (Å²) in [6.45, 7) is 21.4. The summed E-state index contributed by atoms with van der Waals surface area (Å²) in [5.74, 6) is -1.30. The second-order valence-electron chi connectivity index (χ2n) is 14.0. The molecule has 0 saturated carbocycles. The third-order valence-corrected chi connectivity index (χ3v) is 5.88. The van der Waals surface area contributed by atoms with Crippen molar-refractivity contribution < 1.29 is 33.4 Å². The fourth-order valence-corrected chi connectivity index (χ4v) is 4.08. The molecule has 14 heteroatoms. The Morgan fingerprint density at radius 1 is 0.667 bits per heavy atom. The van der Waals surface area contributed by atoms with Gasteiger partial charge in [0, 0.05) is 71.9 Å². The highest BCUT2D eigenvalue weighted by molar-refractivity contribution is 5.79. The van der Waals surface area contributed by atoms with Crippen LogP contribution in [0.5, 0.6) is 0 Å². The maximum absolute atomic E-state index is 12.9. The largest absolute Gasteiger partial charge is 0.459 e. The fraction of sp³-hybridized carbons (Fsp3) is 0.871. The number of nitrogens with two attached hydrogens (primary N) is 2. The van der Waals surface area contributed by atoms with Crippen molar-refractivity contribution in [2.24, 2.45) is 11.5 Å². The Morgan fingerprint density at radius 3 is 1.78 bits per heavy atom. The number of rotatable bonds is 22. The lowest BCUT2D eigenvalue weighted by atomic mass is 10.1. The molecule has 14 nitrogen and oxygen atoms in total. The highest BCUT2D eigenvalue weighted by atomic mass is 16.6. The quantitative estimate of drug-likeness (QED) is 0.0600. The van der Waals surface area contributed by atoms with Crippen LogP contribution in [0.4, 0.5) is 0 Å². The minimum absolute atomic E-state index is 0.0604. The highest BCUT2D eigenvalue weighted by Crippen LogP contribution is 2.11. The number of esters is 3. The minimum Gasteiger partial charge on any atom is -0.459 e. The molecule has 7 N–H and O–H groups in total. The Morgan fingerprint density at radius 2 is 1.22 bits per heavy atom. The van der Waals surface area contributed by atoms with Crippen LogP contribution in [0.2, 0.25) is 0 Å². The van der Waals surface area contributed by atoms with Gasteiger partial charge in [0.2, 0.25) is 5.91 Å². The van der Waals surface area contributed by atoms with E-state index in [1.807, 2.05) is 46.4 Å². The number of hydrogen-bond acceptors (Lipinski definition) is 13. The number of ether oxygens (including phenoxy) is 3. The zero-order valence-corrected chi connectivity index (χ0v) is 29.4. The molecule has 0 fully saturated rings. The Balaban J connectivity index is 5.33. The van der Waals surface area contributed by atoms with Gasteiger partial charge in [0.25, 0.3) is 0 Å². The van der Waals surface area contributed by atoms with Gasteiger partial charge >= 0.3 is 17.9 Å². The van der Waals surface area contributed by atoms with Crippen molar-refractivity contribution in [1.82, 2.24) is 25.8 Å². The van der Waals surface area contributed by atoms with E-state index in [1.54, 1.807) is 20.8 Å². The SMILES string of the molecule is CC(C)(C)OC(=O)CNCCN(CCN)CCN(CCNC(CCC(=O)NCCN)C(=O)OC(C)(C)C)CC(=O)OC(C)(C)C. The van der Waals surface area contributed by atoms with Crippen molar-refractivity contribution in [3.05, 3.63) is 0 Å². The van der Waals surface area contributed by atoms with Crippen LogP contribution >= 0.6 is 0 Å². The molecule has 45 heavy (non-hydrogen) atoms. The molecule has 1 unspecified atom stereocenters. The molecule has 0 bridgehead atoms. The van der Waals surface area contributed by atoms with Crippen LogP contribution in [0.15, 0.2) is 0 Å². The molecular weight excluding hydrogens is 582 g/mol. The van der Waals surface area contributed by atoms with Crippen LogP contribution in [-0.4, -0.2) is 135 Å². The van der Waals surface area contributed by atoms with Crippen LogP contribution in [0, 0.1) is 0 Å². The highest BCUT2D eigenvalue weighted by Gasteiger charge is 2.26. The van der Waals surface area contributed by atoms with Crippen LogP contribution in [0.3, 0.4) is 0 Å². The van der Waals surface area contributed by atoms with E-state index in [0.717, 1.165) is 0 Å². The maximum Gasteiger partial charge on any atom is 0.323 e. The average Bonchev–Trinajstić information content (AvgIpc) is 2.86. The van der Waals surface area contributed by atoms with Crippen LogP contribution in [0.1, 0.15) is 75.2 Å². The van der Waals surface area contributed by atoms with Gasteiger partial charge in [-0.2, -0.15) is 0 Å². The monoisotopic (exact) mass is 645 g/mol. The fourth-order valence-electron chi connectivity index (χ4n) is 4.08. The molecule has 0 heterocycles. The topological polar surface area (TPSA) is 191 Å². The molecular formula is C31H63N7O7. The summed E-state index contributed by atoms with van der Waals surface area (Å²) in [6.07, 6.45) is 0.381. The molecule has 0 aliphatic rings. The normalized spacial score (nSPS) is 13.1. The number of amides is 1. The van der Waals surface area contributed by atoms with E-state index in [9.17, 15) is 19.2 Å². The van der Waals surface area contributed by atoms with Crippen molar-refractivity contribution in [2.75, 3.05) is 78.5 Å². The second-order valence-corrected chi connectivity index (χ2v) is 14.0. The summed E-state index contributed by atoms with van der Waals surface area (Å²) >= 11 is 0. The first kappa shape index (κ1) is 42.6. The lowest BCUT2D eigenvalue weighted by molar-refractivity contribution is -0.158. The third kappa shape index (κ3) is 25.5. The van der Waals surface area contributed by atoms with E-state index < -0.39 is 28.8 Å². The molecule has 0 aromatic carbocycles. The molecule has 1 amide bonds. The van der Waals surface area contributed by atoms with Gasteiger partial charge in [-0.3, -0.25) is 29.0 Å². The first-order valence-electron chi connectivity index (χ1n) is 16.0. The second kappa shape index (κ2) is 21.4. The van der Waals surface area contributed by atoms with Crippen molar-refractivity contribution >= 4 is 23.8 Å². The van der Waals surface area contributed by atoms with Crippen LogP contribution < -0.4 is 27.4 Å². The van der Waals surface area contributed by atoms with Gasteiger partial charge < -0.3 is 41.6 Å². The van der Waals surface area contributed by atoms with Crippen molar-refractivity contribution in [3.8, 4) is 0 Å². The molecule has 0 rings (SSSR count). The van der Waals surface area contributed by atoms with Crippen LogP contribution in [0.25, 0.3) is 0 Å². The first-order chi connectivity index (χ1) is 20.7. The molecule has 0 aliphatic heterocycles. The van der Waals surface area contributed by atoms with E-state index in [-0.39, 0.29) is 43.8 Å². The molecule has 0 aromatic rings. The standard InChI is InChI=1S/C31H63N7O7/c1-29(2,3)43-26(40)22-34-15-18-37(17-13-33)20-21-38(23-27(41)44-30(4,5)6)19-16-35-24(28(42)45-31(7,8)9)10-11-25(39)36-14-12-32/h24,34-35H,10-23,32-33H2,1-9H3,(H,36,39). The van der Waals surface area contributed by atoms with Crippen LogP contribution in [-0.2, 0) is 33.4 Å². The van der Waals surface area contributed by atoms with Gasteiger partial charge in [-0.05, 0) is 68.7 Å². The van der Waals surface area contributed by atoms with Gasteiger partial charge in [-0.25, -0.2) is 0 Å². The lowest BCUT2D eigenvalue weighted by Gasteiger charge is -2.29. The molecule has 0 spiro atoms. The number of nitrogens with one attached hydrogen (secondary N) is 3. The van der Waals surface area contributed by atoms with E-state index >= 15 is 0 Å². The van der Waals surface area contributed by atoms with Crippen molar-refractivity contribution in [2.45, 2.75) is 98.0 Å². The van der Waals surface area contributed by atoms with Gasteiger partial charge in [0.15, 0.2) is 0 Å². The molecule has 0 aliphatic carbocycles. The smallest absolute Gasteiger partial charge is 0.323 e. The van der Waals surface area contributed by atoms with Gasteiger partial charge in [-0.15, -0.1) is 0 Å². The summed E-state index contributed by atoms with van der Waals surface area (Å²) in [7, 11) is 0. The number of carbonyl (C=O) groups is 4. The zero-order chi connectivity index (χ0) is 34.7. The number of nitrogens with zero attached hydrogens (tertiary/aromatic N) is 2. The summed E-state index contributed by atoms with van der Waals surface area (Å²) in [6, 6.07) is -0.707. The number of hydrogen-bond donors (Lipinski definition) is 5. The Hall–Kier alpha value is -2.36. The molecule has 0 radical (unpaired) electrons. The Kier molecular flexibility index (Phi) is 20.3. The average molecular weight is 646 g/mol. The molecule has 0 saturated heterocycles. The minimum atomic E-state index is -0.707. The maximum atomic E-state index is 12.9. The predicted octanol–water partition coefficient (Wildman–Crippen LogP) is -0.0229. The van der Waals surface area contributed by atoms with Crippen molar-refractivity contribution in [3.63, 3.8) is 0 Å². The predicted molar refractivity (Wildman–Crippen MR) is 175 cm³/mol. The summed E-state index contributed by atoms with van der Waals surface area (Å²) in [4.78, 5) is 54.0. The summed E-state index contributed by atoms with van der Waals surface area (Å²) < 4.78 is 16.5. The Bertz CT molecular complexity index is 883. The number of carbonyl (C=O) groups excluding carboxylic acids is 4. The Labute approximate surface area is 271 Å². The van der Waals surface area contributed by atoms with Gasteiger partial charge in [0.05, 0.1) is 13.1 Å². The first-order valence-corrected chi connectivity index (χ1v) is 16.0. The summed E-state index contributed by atoms with van der Waals surface area (Å²) in [5, 5.41) is 9.05. The van der Waals surface area contributed by atoms with E-state index in [1.165, 1.54) is 0 Å². The third-order valence-electron chi connectivity index (χ3n) is 5.88. The molecule has 264 valence electrons. The lowest BCUT2D eigenvalue weighted by Crippen LogP contribution is -2.47. The van der Waals surface area contributed by atoms with Crippen molar-refractivity contribution in [1.29, 1.82) is 0 Å². The van der Waals surface area contributed by atoms with Gasteiger partial charge in [0.1, 0.15) is 22.8 Å². The molecule has 0 aromatic heterocycles. The van der Waals surface area contributed by atoms with Gasteiger partial charge in [-0.1, -0.05) is 0 Å². The summed E-state index contributed by atoms with van der Waals surface area (Å²) in [5.41, 5.74) is 9.47. The van der Waals surface area contributed by atoms with E-state index in [0.29, 0.717) is 65.4 Å². The van der Waals surface area contributed by atoms with E-state index in [4.69, 9.17) is 25.7 Å².